The highest BCUT2D eigenvalue weighted by molar-refractivity contribution is 7.92. The summed E-state index contributed by atoms with van der Waals surface area (Å²) in [6, 6.07) is 9.05. The third kappa shape index (κ3) is 5.20. The van der Waals surface area contributed by atoms with Crippen molar-refractivity contribution in [1.29, 1.82) is 0 Å². The molecule has 0 bridgehead atoms. The molecule has 140 valence electrons. The lowest BCUT2D eigenvalue weighted by Gasteiger charge is -2.11. The van der Waals surface area contributed by atoms with Crippen LogP contribution >= 0.6 is 0 Å². The summed E-state index contributed by atoms with van der Waals surface area (Å²) in [6.45, 7) is -0.135. The molecule has 10 heteroatoms. The second-order valence-corrected chi connectivity index (χ2v) is 6.87. The summed E-state index contributed by atoms with van der Waals surface area (Å²) in [4.78, 5) is 10.9. The number of alkyl halides is 3. The van der Waals surface area contributed by atoms with E-state index in [0.29, 0.717) is 11.8 Å². The van der Waals surface area contributed by atoms with Gasteiger partial charge in [0.25, 0.3) is 10.0 Å². The normalized spacial score (nSPS) is 11.8. The maximum Gasteiger partial charge on any atom is 0.416 e. The first-order valence-electron chi connectivity index (χ1n) is 7.21. The quantitative estimate of drug-likeness (QED) is 0.797. The van der Waals surface area contributed by atoms with Gasteiger partial charge < -0.3 is 10.1 Å². The molecule has 0 aliphatic heterocycles. The van der Waals surface area contributed by atoms with Crippen LogP contribution in [0.4, 0.5) is 24.5 Å². The Hall–Kier alpha value is -2.59. The minimum atomic E-state index is -4.65. The second kappa shape index (κ2) is 7.75. The van der Waals surface area contributed by atoms with Crippen LogP contribution in [0.2, 0.25) is 0 Å². The Morgan fingerprint density at radius 3 is 2.27 bits per heavy atom. The summed E-state index contributed by atoms with van der Waals surface area (Å²) in [7, 11) is -2.83. The van der Waals surface area contributed by atoms with Crippen molar-refractivity contribution in [2.45, 2.75) is 11.1 Å². The summed E-state index contributed by atoms with van der Waals surface area (Å²) in [5.74, 6) is -0.384. The second-order valence-electron chi connectivity index (χ2n) is 5.19. The Labute approximate surface area is 148 Å². The zero-order valence-electron chi connectivity index (χ0n) is 13.5. The Kier molecular flexibility index (Phi) is 5.88. The number of rotatable bonds is 6. The van der Waals surface area contributed by atoms with Gasteiger partial charge in [-0.15, -0.1) is 0 Å². The predicted octanol–water partition coefficient (Wildman–Crippen LogP) is 3.09. The number of sulfonamides is 1. The topological polar surface area (TPSA) is 84.5 Å². The van der Waals surface area contributed by atoms with E-state index >= 15 is 0 Å². The van der Waals surface area contributed by atoms with E-state index in [4.69, 9.17) is 0 Å². The Morgan fingerprint density at radius 2 is 1.69 bits per heavy atom. The minimum absolute atomic E-state index is 0.132. The highest BCUT2D eigenvalue weighted by atomic mass is 32.2. The maximum absolute atomic E-state index is 12.7. The molecule has 0 aliphatic rings. The molecule has 1 amide bonds. The van der Waals surface area contributed by atoms with Crippen LogP contribution in [0.25, 0.3) is 0 Å². The Bertz CT molecular complexity index is 881. The van der Waals surface area contributed by atoms with Crippen molar-refractivity contribution in [2.24, 2.45) is 0 Å². The number of hydrogen-bond donors (Lipinski definition) is 2. The number of carbonyl (C=O) groups excluding carboxylic acids is 1. The first-order valence-corrected chi connectivity index (χ1v) is 8.69. The molecule has 6 nitrogen and oxygen atoms in total. The van der Waals surface area contributed by atoms with Crippen molar-refractivity contribution in [3.8, 4) is 0 Å². The molecule has 0 atom stereocenters. The average Bonchev–Trinajstić information content (AvgIpc) is 2.56. The van der Waals surface area contributed by atoms with Crippen LogP contribution in [0.15, 0.2) is 53.4 Å². The number of methoxy groups -OCH3 is 1. The van der Waals surface area contributed by atoms with E-state index in [9.17, 15) is 26.4 Å². The van der Waals surface area contributed by atoms with Crippen LogP contribution in [0.3, 0.4) is 0 Å². The molecular formula is C16H15F3N2O4S. The van der Waals surface area contributed by atoms with Gasteiger partial charge in [-0.3, -0.25) is 9.52 Å². The number of anilines is 2. The highest BCUT2D eigenvalue weighted by Gasteiger charge is 2.31. The lowest BCUT2D eigenvalue weighted by atomic mass is 10.2. The average molecular weight is 388 g/mol. The molecular weight excluding hydrogens is 373 g/mol. The van der Waals surface area contributed by atoms with Crippen molar-refractivity contribution >= 4 is 27.3 Å². The smallest absolute Gasteiger partial charge is 0.375 e. The summed E-state index contributed by atoms with van der Waals surface area (Å²) in [5.41, 5.74) is -0.516. The SMILES string of the molecule is COCC(=O)Nc1ccc(NS(=O)(=O)c2cccc(C(F)(F)F)c2)cc1. The van der Waals surface area contributed by atoms with E-state index in [1.165, 1.54) is 31.4 Å². The van der Waals surface area contributed by atoms with E-state index in [-0.39, 0.29) is 18.2 Å². The van der Waals surface area contributed by atoms with Crippen molar-refractivity contribution in [3.05, 3.63) is 54.1 Å². The zero-order chi connectivity index (χ0) is 19.4. The third-order valence-electron chi connectivity index (χ3n) is 3.17. The van der Waals surface area contributed by atoms with Gasteiger partial charge in [0.1, 0.15) is 6.61 Å². The number of amides is 1. The molecule has 0 fully saturated rings. The van der Waals surface area contributed by atoms with Crippen LogP contribution in [-0.4, -0.2) is 28.0 Å². The molecule has 0 aliphatic carbocycles. The van der Waals surface area contributed by atoms with Crippen LogP contribution < -0.4 is 10.0 Å². The van der Waals surface area contributed by atoms with Crippen molar-refractivity contribution in [1.82, 2.24) is 0 Å². The van der Waals surface area contributed by atoms with Crippen molar-refractivity contribution in [2.75, 3.05) is 23.8 Å². The van der Waals surface area contributed by atoms with E-state index < -0.39 is 26.7 Å². The van der Waals surface area contributed by atoms with Crippen LogP contribution in [-0.2, 0) is 25.7 Å². The Morgan fingerprint density at radius 1 is 1.08 bits per heavy atom. The van der Waals surface area contributed by atoms with Gasteiger partial charge >= 0.3 is 6.18 Å². The summed E-state index contributed by atoms with van der Waals surface area (Å²) < 4.78 is 69.6. The van der Waals surface area contributed by atoms with Gasteiger partial charge in [-0.2, -0.15) is 13.2 Å². The van der Waals surface area contributed by atoms with Gasteiger partial charge in [-0.1, -0.05) is 6.07 Å². The maximum atomic E-state index is 12.7. The van der Waals surface area contributed by atoms with Gasteiger partial charge in [0.2, 0.25) is 5.91 Å². The molecule has 2 rings (SSSR count). The monoisotopic (exact) mass is 388 g/mol. The number of carbonyl (C=O) groups is 1. The van der Waals surface area contributed by atoms with Gasteiger partial charge in [0, 0.05) is 18.5 Å². The van der Waals surface area contributed by atoms with E-state index in [1.54, 1.807) is 0 Å². The standard InChI is InChI=1S/C16H15F3N2O4S/c1-25-10-15(22)20-12-5-7-13(8-6-12)21-26(23,24)14-4-2-3-11(9-14)16(17,18)19/h2-9,21H,10H2,1H3,(H,20,22). The number of benzene rings is 2. The molecule has 0 saturated carbocycles. The van der Waals surface area contributed by atoms with Crippen LogP contribution in [0.1, 0.15) is 5.56 Å². The molecule has 2 N–H and O–H groups in total. The number of ether oxygens (including phenoxy) is 1. The van der Waals surface area contributed by atoms with E-state index in [1.807, 2.05) is 0 Å². The zero-order valence-corrected chi connectivity index (χ0v) is 14.3. The molecule has 26 heavy (non-hydrogen) atoms. The highest BCUT2D eigenvalue weighted by Crippen LogP contribution is 2.30. The summed E-state index contributed by atoms with van der Waals surface area (Å²) >= 11 is 0. The molecule has 0 aromatic heterocycles. The first kappa shape index (κ1) is 19.7. The van der Waals surface area contributed by atoms with Crippen molar-refractivity contribution in [3.63, 3.8) is 0 Å². The van der Waals surface area contributed by atoms with Gasteiger partial charge in [0.05, 0.1) is 10.5 Å². The first-order chi connectivity index (χ1) is 12.1. The van der Waals surface area contributed by atoms with E-state index in [0.717, 1.165) is 18.2 Å². The number of hydrogen-bond acceptors (Lipinski definition) is 4. The molecule has 2 aromatic carbocycles. The fourth-order valence-electron chi connectivity index (χ4n) is 2.00. The summed E-state index contributed by atoms with van der Waals surface area (Å²) in [6.07, 6.45) is -4.65. The molecule has 0 saturated heterocycles. The van der Waals surface area contributed by atoms with Crippen LogP contribution in [0, 0.1) is 0 Å². The number of halogens is 3. The lowest BCUT2D eigenvalue weighted by Crippen LogP contribution is -2.17. The van der Waals surface area contributed by atoms with Gasteiger partial charge in [-0.05, 0) is 42.5 Å². The molecule has 2 aromatic rings. The van der Waals surface area contributed by atoms with Crippen LogP contribution in [0.5, 0.6) is 0 Å². The van der Waals surface area contributed by atoms with Gasteiger partial charge in [-0.25, -0.2) is 8.42 Å². The molecule has 0 unspecified atom stereocenters. The fraction of sp³-hybridized carbons (Fsp3) is 0.188. The van der Waals surface area contributed by atoms with Gasteiger partial charge in [0.15, 0.2) is 0 Å². The molecule has 0 heterocycles. The Balaban J connectivity index is 2.16. The van der Waals surface area contributed by atoms with E-state index in [2.05, 4.69) is 14.8 Å². The fourth-order valence-corrected chi connectivity index (χ4v) is 3.11. The molecule has 0 radical (unpaired) electrons. The third-order valence-corrected chi connectivity index (χ3v) is 4.55. The predicted molar refractivity (Wildman–Crippen MR) is 89.2 cm³/mol. The largest absolute Gasteiger partial charge is 0.416 e. The summed E-state index contributed by atoms with van der Waals surface area (Å²) in [5, 5.41) is 2.52. The van der Waals surface area contributed by atoms with Crippen molar-refractivity contribution < 1.29 is 31.1 Å². The molecule has 0 spiro atoms. The lowest BCUT2D eigenvalue weighted by molar-refractivity contribution is -0.137. The number of nitrogens with one attached hydrogen (secondary N) is 2. The minimum Gasteiger partial charge on any atom is -0.375 e.